The summed E-state index contributed by atoms with van der Waals surface area (Å²) >= 11 is 0. The Morgan fingerprint density at radius 1 is 0.500 bits per heavy atom. The molecular weight excluding hydrogens is 615 g/mol. The van der Waals surface area contributed by atoms with E-state index in [9.17, 15) is 15.0 Å². The Balaban J connectivity index is 3.40. The van der Waals surface area contributed by atoms with Crippen LogP contribution >= 0.6 is 0 Å². The number of hydrogen-bond acceptors (Lipinski definition) is 3. The van der Waals surface area contributed by atoms with Crippen LogP contribution in [0.3, 0.4) is 0 Å². The summed E-state index contributed by atoms with van der Waals surface area (Å²) in [5.41, 5.74) is 0. The maximum absolute atomic E-state index is 12.3. The molecule has 0 rings (SSSR count). The third-order valence-corrected chi connectivity index (χ3v) is 9.54. The Morgan fingerprint density at radius 2 is 0.880 bits per heavy atom. The van der Waals surface area contributed by atoms with Crippen LogP contribution in [0, 0.1) is 0 Å². The minimum absolute atomic E-state index is 0.0397. The lowest BCUT2D eigenvalue weighted by Crippen LogP contribution is -2.45. The normalized spacial score (nSPS) is 13.6. The predicted octanol–water partition coefficient (Wildman–Crippen LogP) is 13.3. The van der Waals surface area contributed by atoms with Crippen LogP contribution in [-0.2, 0) is 4.79 Å². The third kappa shape index (κ3) is 37.3. The molecule has 0 aromatic carbocycles. The number of carbonyl (C=O) groups excluding carboxylic acids is 1. The molecule has 0 aliphatic rings. The minimum atomic E-state index is -0.655. The van der Waals surface area contributed by atoms with E-state index in [0.717, 1.165) is 57.8 Å². The zero-order chi connectivity index (χ0) is 36.4. The fourth-order valence-corrected chi connectivity index (χ4v) is 6.27. The van der Waals surface area contributed by atoms with Crippen molar-refractivity contribution in [2.75, 3.05) is 6.61 Å². The highest BCUT2D eigenvalue weighted by Crippen LogP contribution is 2.15. The molecule has 0 spiro atoms. The van der Waals surface area contributed by atoms with Gasteiger partial charge in [0.2, 0.25) is 5.91 Å². The van der Waals surface area contributed by atoms with Gasteiger partial charge in [-0.15, -0.1) is 0 Å². The van der Waals surface area contributed by atoms with Crippen molar-refractivity contribution in [3.05, 3.63) is 60.8 Å². The molecule has 0 aliphatic carbocycles. The number of allylic oxidation sites excluding steroid dienone is 10. The average Bonchev–Trinajstić information content (AvgIpc) is 3.12. The van der Waals surface area contributed by atoms with Gasteiger partial charge in [0.25, 0.3) is 0 Å². The van der Waals surface area contributed by atoms with E-state index in [1.165, 1.54) is 122 Å². The molecule has 0 aromatic heterocycles. The van der Waals surface area contributed by atoms with Crippen molar-refractivity contribution in [2.24, 2.45) is 0 Å². The summed E-state index contributed by atoms with van der Waals surface area (Å²) in [4.78, 5) is 12.3. The third-order valence-electron chi connectivity index (χ3n) is 9.54. The standard InChI is InChI=1S/C46H83NO3/c1-3-5-7-9-10-11-12-13-14-15-16-17-18-19-20-21-22-23-24-25-26-27-28-29-30-31-32-33-34-35-36-38-40-42-46(50)47-44(43-48)45(49)41-39-37-8-6-4-2/h5,7,10-11,13-14,16-17,19-20,44-45,48-49H,3-4,6,8-9,12,15,18,21-43H2,1-2H3,(H,47,50)/b7-5-,11-10-,14-13-,17-16-,20-19-. The number of aliphatic hydroxyl groups is 2. The van der Waals surface area contributed by atoms with Gasteiger partial charge in [0.05, 0.1) is 18.8 Å². The molecular formula is C46H83NO3. The molecule has 50 heavy (non-hydrogen) atoms. The number of carbonyl (C=O) groups is 1. The van der Waals surface area contributed by atoms with E-state index in [-0.39, 0.29) is 12.5 Å². The molecule has 290 valence electrons. The van der Waals surface area contributed by atoms with E-state index >= 15 is 0 Å². The van der Waals surface area contributed by atoms with E-state index in [2.05, 4.69) is 79.9 Å². The van der Waals surface area contributed by atoms with Crippen LogP contribution in [0.4, 0.5) is 0 Å². The van der Waals surface area contributed by atoms with Gasteiger partial charge in [-0.2, -0.15) is 0 Å². The van der Waals surface area contributed by atoms with E-state index in [4.69, 9.17) is 0 Å². The summed E-state index contributed by atoms with van der Waals surface area (Å²) in [6.07, 6.45) is 57.7. The quantitative estimate of drug-likeness (QED) is 0.0444. The smallest absolute Gasteiger partial charge is 0.220 e. The lowest BCUT2D eigenvalue weighted by molar-refractivity contribution is -0.123. The van der Waals surface area contributed by atoms with Crippen molar-refractivity contribution >= 4 is 5.91 Å². The molecule has 4 nitrogen and oxygen atoms in total. The summed E-state index contributed by atoms with van der Waals surface area (Å²) in [5, 5.41) is 22.8. The average molecular weight is 698 g/mol. The summed E-state index contributed by atoms with van der Waals surface area (Å²) < 4.78 is 0. The molecule has 4 heteroatoms. The van der Waals surface area contributed by atoms with Crippen molar-refractivity contribution < 1.29 is 15.0 Å². The summed E-state index contributed by atoms with van der Waals surface area (Å²) in [7, 11) is 0. The molecule has 0 radical (unpaired) electrons. The second kappa shape index (κ2) is 41.5. The zero-order valence-electron chi connectivity index (χ0n) is 33.2. The van der Waals surface area contributed by atoms with Gasteiger partial charge in [-0.05, 0) is 57.8 Å². The molecule has 0 aliphatic heterocycles. The zero-order valence-corrected chi connectivity index (χ0v) is 33.2. The van der Waals surface area contributed by atoms with Gasteiger partial charge in [-0.1, -0.05) is 203 Å². The van der Waals surface area contributed by atoms with E-state index in [0.29, 0.717) is 12.8 Å². The van der Waals surface area contributed by atoms with Gasteiger partial charge in [-0.25, -0.2) is 0 Å². The second-order valence-electron chi connectivity index (χ2n) is 14.4. The molecule has 0 fully saturated rings. The van der Waals surface area contributed by atoms with E-state index in [1.807, 2.05) is 0 Å². The fourth-order valence-electron chi connectivity index (χ4n) is 6.27. The first-order valence-electron chi connectivity index (χ1n) is 21.5. The Hall–Kier alpha value is -1.91. The Kier molecular flexibility index (Phi) is 39.9. The number of aliphatic hydroxyl groups excluding tert-OH is 2. The summed E-state index contributed by atoms with van der Waals surface area (Å²) in [5.74, 6) is -0.0397. The summed E-state index contributed by atoms with van der Waals surface area (Å²) in [6.45, 7) is 4.16. The molecule has 0 aromatic rings. The highest BCUT2D eigenvalue weighted by Gasteiger charge is 2.19. The number of hydrogen-bond donors (Lipinski definition) is 3. The van der Waals surface area contributed by atoms with Crippen LogP contribution in [0.15, 0.2) is 60.8 Å². The van der Waals surface area contributed by atoms with Crippen molar-refractivity contribution in [3.63, 3.8) is 0 Å². The first-order chi connectivity index (χ1) is 24.7. The van der Waals surface area contributed by atoms with Crippen LogP contribution in [-0.4, -0.2) is 34.9 Å². The van der Waals surface area contributed by atoms with Gasteiger partial charge in [0.15, 0.2) is 0 Å². The lowest BCUT2D eigenvalue weighted by atomic mass is 10.0. The van der Waals surface area contributed by atoms with Gasteiger partial charge in [-0.3, -0.25) is 4.79 Å². The molecule has 2 atom stereocenters. The Bertz CT molecular complexity index is 842. The van der Waals surface area contributed by atoms with Crippen molar-refractivity contribution in [3.8, 4) is 0 Å². The highest BCUT2D eigenvalue weighted by molar-refractivity contribution is 5.76. The molecule has 0 saturated carbocycles. The van der Waals surface area contributed by atoms with Gasteiger partial charge in [0, 0.05) is 6.42 Å². The highest BCUT2D eigenvalue weighted by atomic mass is 16.3. The first kappa shape index (κ1) is 48.1. The molecule has 2 unspecified atom stereocenters. The number of amides is 1. The van der Waals surface area contributed by atoms with Crippen LogP contribution in [0.25, 0.3) is 0 Å². The SMILES string of the molecule is CC/C=C\C/C=C\C/C=C\C/C=C\C/C=C\CCCCCCCCCCCCCCCCCCCC(=O)NC(CO)C(O)CCCCCCC. The van der Waals surface area contributed by atoms with Gasteiger partial charge in [0.1, 0.15) is 0 Å². The van der Waals surface area contributed by atoms with E-state index < -0.39 is 12.1 Å². The Labute approximate surface area is 311 Å². The Morgan fingerprint density at radius 3 is 1.32 bits per heavy atom. The fraction of sp³-hybridized carbons (Fsp3) is 0.761. The van der Waals surface area contributed by atoms with Crippen LogP contribution in [0.2, 0.25) is 0 Å². The lowest BCUT2D eigenvalue weighted by Gasteiger charge is -2.22. The molecule has 0 heterocycles. The topological polar surface area (TPSA) is 69.6 Å². The van der Waals surface area contributed by atoms with E-state index in [1.54, 1.807) is 0 Å². The number of rotatable bonds is 38. The van der Waals surface area contributed by atoms with Crippen molar-refractivity contribution in [1.29, 1.82) is 0 Å². The van der Waals surface area contributed by atoms with Gasteiger partial charge >= 0.3 is 0 Å². The molecule has 0 saturated heterocycles. The van der Waals surface area contributed by atoms with Crippen LogP contribution in [0.5, 0.6) is 0 Å². The summed E-state index contributed by atoms with van der Waals surface area (Å²) in [6, 6.07) is -0.532. The molecule has 3 N–H and O–H groups in total. The largest absolute Gasteiger partial charge is 0.394 e. The van der Waals surface area contributed by atoms with Crippen LogP contribution in [0.1, 0.15) is 206 Å². The maximum Gasteiger partial charge on any atom is 0.220 e. The van der Waals surface area contributed by atoms with Crippen molar-refractivity contribution in [2.45, 2.75) is 219 Å². The maximum atomic E-state index is 12.3. The van der Waals surface area contributed by atoms with Crippen LogP contribution < -0.4 is 5.32 Å². The number of unbranched alkanes of at least 4 members (excludes halogenated alkanes) is 21. The molecule has 1 amide bonds. The minimum Gasteiger partial charge on any atom is -0.394 e. The number of nitrogens with one attached hydrogen (secondary N) is 1. The second-order valence-corrected chi connectivity index (χ2v) is 14.4. The van der Waals surface area contributed by atoms with Gasteiger partial charge < -0.3 is 15.5 Å². The first-order valence-corrected chi connectivity index (χ1v) is 21.5. The van der Waals surface area contributed by atoms with Crippen molar-refractivity contribution in [1.82, 2.24) is 5.32 Å². The monoisotopic (exact) mass is 698 g/mol. The predicted molar refractivity (Wildman–Crippen MR) is 221 cm³/mol. The molecule has 0 bridgehead atoms.